The SMILES string of the molecule is CC[C@@H](Oc1ccc(Cl)cc1)C(=O)Nc1ccc(CC#N)cc1. The zero-order valence-corrected chi connectivity index (χ0v) is 13.5. The van der Waals surface area contributed by atoms with Crippen LogP contribution in [0.1, 0.15) is 18.9 Å². The molecule has 2 aromatic carbocycles. The second kappa shape index (κ2) is 8.21. The van der Waals surface area contributed by atoms with E-state index in [2.05, 4.69) is 11.4 Å². The first-order chi connectivity index (χ1) is 11.1. The zero-order valence-electron chi connectivity index (χ0n) is 12.8. The van der Waals surface area contributed by atoms with Gasteiger partial charge in [0.05, 0.1) is 12.5 Å². The lowest BCUT2D eigenvalue weighted by Gasteiger charge is -2.17. The van der Waals surface area contributed by atoms with Crippen LogP contribution in [-0.4, -0.2) is 12.0 Å². The van der Waals surface area contributed by atoms with Crippen molar-refractivity contribution in [3.63, 3.8) is 0 Å². The van der Waals surface area contributed by atoms with Crippen molar-refractivity contribution in [3.8, 4) is 11.8 Å². The van der Waals surface area contributed by atoms with Crippen molar-refractivity contribution in [1.29, 1.82) is 5.26 Å². The van der Waals surface area contributed by atoms with Crippen molar-refractivity contribution < 1.29 is 9.53 Å². The molecule has 1 N–H and O–H groups in total. The number of nitriles is 1. The van der Waals surface area contributed by atoms with E-state index in [1.165, 1.54) is 0 Å². The molecule has 1 atom stereocenters. The van der Waals surface area contributed by atoms with E-state index in [1.807, 2.05) is 19.1 Å². The molecule has 0 radical (unpaired) electrons. The van der Waals surface area contributed by atoms with Crippen molar-refractivity contribution in [2.45, 2.75) is 25.9 Å². The van der Waals surface area contributed by atoms with E-state index in [9.17, 15) is 4.79 Å². The molecule has 0 unspecified atom stereocenters. The Labute approximate surface area is 140 Å². The predicted octanol–water partition coefficient (Wildman–Crippen LogP) is 4.20. The van der Waals surface area contributed by atoms with Crippen LogP contribution in [0.15, 0.2) is 48.5 Å². The number of ether oxygens (including phenoxy) is 1. The van der Waals surface area contributed by atoms with Gasteiger partial charge in [-0.2, -0.15) is 5.26 Å². The molecule has 1 amide bonds. The summed E-state index contributed by atoms with van der Waals surface area (Å²) in [5.74, 6) is 0.385. The molecule has 4 nitrogen and oxygen atoms in total. The molecule has 23 heavy (non-hydrogen) atoms. The molecule has 0 aliphatic heterocycles. The van der Waals surface area contributed by atoms with E-state index in [0.29, 0.717) is 29.3 Å². The number of halogens is 1. The third-order valence-corrected chi connectivity index (χ3v) is 3.51. The van der Waals surface area contributed by atoms with Gasteiger partial charge in [-0.15, -0.1) is 0 Å². The van der Waals surface area contributed by atoms with Gasteiger partial charge in [0.1, 0.15) is 5.75 Å². The quantitative estimate of drug-likeness (QED) is 0.864. The van der Waals surface area contributed by atoms with Crippen LogP contribution >= 0.6 is 11.6 Å². The maximum atomic E-state index is 12.3. The third kappa shape index (κ3) is 5.01. The molecule has 118 valence electrons. The summed E-state index contributed by atoms with van der Waals surface area (Å²) in [6, 6.07) is 16.2. The molecule has 0 aliphatic rings. The highest BCUT2D eigenvalue weighted by Gasteiger charge is 2.18. The van der Waals surface area contributed by atoms with Crippen LogP contribution in [0.25, 0.3) is 0 Å². The van der Waals surface area contributed by atoms with Gasteiger partial charge in [-0.1, -0.05) is 30.7 Å². The first-order valence-electron chi connectivity index (χ1n) is 7.31. The van der Waals surface area contributed by atoms with Gasteiger partial charge in [-0.05, 0) is 48.4 Å². The van der Waals surface area contributed by atoms with Crippen LogP contribution in [0.4, 0.5) is 5.69 Å². The minimum Gasteiger partial charge on any atom is -0.481 e. The van der Waals surface area contributed by atoms with E-state index >= 15 is 0 Å². The molecule has 5 heteroatoms. The number of nitrogens with zero attached hydrogens (tertiary/aromatic N) is 1. The number of carbonyl (C=O) groups excluding carboxylic acids is 1. The van der Waals surface area contributed by atoms with E-state index in [4.69, 9.17) is 21.6 Å². The molecule has 0 saturated heterocycles. The second-order valence-electron chi connectivity index (χ2n) is 4.99. The summed E-state index contributed by atoms with van der Waals surface area (Å²) in [6.45, 7) is 1.89. The second-order valence-corrected chi connectivity index (χ2v) is 5.43. The van der Waals surface area contributed by atoms with Gasteiger partial charge in [0.15, 0.2) is 6.10 Å². The van der Waals surface area contributed by atoms with Crippen molar-refractivity contribution in [1.82, 2.24) is 0 Å². The van der Waals surface area contributed by atoms with E-state index in [1.54, 1.807) is 36.4 Å². The molecule has 2 aromatic rings. The molecule has 0 spiro atoms. The van der Waals surface area contributed by atoms with Crippen LogP contribution < -0.4 is 10.1 Å². The Morgan fingerprint density at radius 2 is 1.87 bits per heavy atom. The van der Waals surface area contributed by atoms with Crippen LogP contribution in [0, 0.1) is 11.3 Å². The van der Waals surface area contributed by atoms with Crippen molar-refractivity contribution in [2.75, 3.05) is 5.32 Å². The summed E-state index contributed by atoms with van der Waals surface area (Å²) < 4.78 is 5.70. The lowest BCUT2D eigenvalue weighted by molar-refractivity contribution is -0.122. The van der Waals surface area contributed by atoms with Crippen LogP contribution in [0.5, 0.6) is 5.75 Å². The number of nitrogens with one attached hydrogen (secondary N) is 1. The summed E-state index contributed by atoms with van der Waals surface area (Å²) in [6.07, 6.45) is 0.307. The molecule has 0 saturated carbocycles. The number of benzene rings is 2. The van der Waals surface area contributed by atoms with Gasteiger partial charge in [0.2, 0.25) is 0 Å². The zero-order chi connectivity index (χ0) is 16.7. The van der Waals surface area contributed by atoms with Gasteiger partial charge in [0.25, 0.3) is 5.91 Å². The van der Waals surface area contributed by atoms with Crippen LogP contribution in [-0.2, 0) is 11.2 Å². The highest BCUT2D eigenvalue weighted by atomic mass is 35.5. The first-order valence-corrected chi connectivity index (χ1v) is 7.69. The highest BCUT2D eigenvalue weighted by Crippen LogP contribution is 2.18. The Morgan fingerprint density at radius 1 is 1.22 bits per heavy atom. The largest absolute Gasteiger partial charge is 0.481 e. The molecule has 0 aromatic heterocycles. The monoisotopic (exact) mass is 328 g/mol. The predicted molar refractivity (Wildman–Crippen MR) is 90.5 cm³/mol. The van der Waals surface area contributed by atoms with Gasteiger partial charge >= 0.3 is 0 Å². The summed E-state index contributed by atoms with van der Waals surface area (Å²) in [4.78, 5) is 12.3. The number of rotatable bonds is 6. The van der Waals surface area contributed by atoms with Crippen LogP contribution in [0.3, 0.4) is 0 Å². The standard InChI is InChI=1S/C18H17ClN2O2/c1-2-17(23-16-9-5-14(19)6-10-16)18(22)21-15-7-3-13(4-8-15)11-12-20/h3-10,17H,2,11H2,1H3,(H,21,22)/t17-/m1/s1. The summed E-state index contributed by atoms with van der Waals surface area (Å²) in [5, 5.41) is 12.1. The summed E-state index contributed by atoms with van der Waals surface area (Å²) in [7, 11) is 0. The summed E-state index contributed by atoms with van der Waals surface area (Å²) >= 11 is 5.83. The fraction of sp³-hybridized carbons (Fsp3) is 0.222. The lowest BCUT2D eigenvalue weighted by atomic mass is 10.1. The van der Waals surface area contributed by atoms with Crippen LogP contribution in [0.2, 0.25) is 5.02 Å². The molecule has 0 aliphatic carbocycles. The Balaban J connectivity index is 1.99. The highest BCUT2D eigenvalue weighted by molar-refractivity contribution is 6.30. The fourth-order valence-corrected chi connectivity index (χ4v) is 2.15. The Morgan fingerprint density at radius 3 is 2.43 bits per heavy atom. The smallest absolute Gasteiger partial charge is 0.265 e. The van der Waals surface area contributed by atoms with Gasteiger partial charge in [-0.3, -0.25) is 4.79 Å². The number of amides is 1. The molecule has 2 rings (SSSR count). The maximum Gasteiger partial charge on any atom is 0.265 e. The van der Waals surface area contributed by atoms with E-state index < -0.39 is 6.10 Å². The van der Waals surface area contributed by atoms with E-state index in [0.717, 1.165) is 5.56 Å². The maximum absolute atomic E-state index is 12.3. The average Bonchev–Trinajstić information content (AvgIpc) is 2.56. The van der Waals surface area contributed by atoms with Gasteiger partial charge in [0, 0.05) is 10.7 Å². The number of carbonyl (C=O) groups is 1. The van der Waals surface area contributed by atoms with Gasteiger partial charge < -0.3 is 10.1 Å². The van der Waals surface area contributed by atoms with Crippen molar-refractivity contribution >= 4 is 23.2 Å². The fourth-order valence-electron chi connectivity index (χ4n) is 2.02. The number of hydrogen-bond donors (Lipinski definition) is 1. The molecule has 0 fully saturated rings. The lowest BCUT2D eigenvalue weighted by Crippen LogP contribution is -2.32. The Bertz CT molecular complexity index is 690. The molecular weight excluding hydrogens is 312 g/mol. The van der Waals surface area contributed by atoms with Gasteiger partial charge in [-0.25, -0.2) is 0 Å². The Hall–Kier alpha value is -2.51. The Kier molecular flexibility index (Phi) is 6.02. The van der Waals surface area contributed by atoms with Crippen molar-refractivity contribution in [2.24, 2.45) is 0 Å². The topological polar surface area (TPSA) is 62.1 Å². The summed E-state index contributed by atoms with van der Waals surface area (Å²) in [5.41, 5.74) is 1.59. The minimum absolute atomic E-state index is 0.213. The number of anilines is 1. The van der Waals surface area contributed by atoms with E-state index in [-0.39, 0.29) is 5.91 Å². The number of hydrogen-bond acceptors (Lipinski definition) is 3. The van der Waals surface area contributed by atoms with Crippen molar-refractivity contribution in [3.05, 3.63) is 59.1 Å². The third-order valence-electron chi connectivity index (χ3n) is 3.26. The first kappa shape index (κ1) is 16.9. The normalized spacial score (nSPS) is 11.3. The average molecular weight is 329 g/mol. The molecule has 0 bridgehead atoms. The minimum atomic E-state index is -0.588. The molecular formula is C18H17ClN2O2. The molecule has 0 heterocycles.